The zero-order chi connectivity index (χ0) is 37.8. The Morgan fingerprint density at radius 2 is 1.12 bits per heavy atom. The maximum atomic E-state index is 13.8. The number of carbonyl (C=O) groups is 4. The summed E-state index contributed by atoms with van der Waals surface area (Å²) >= 11 is 0. The van der Waals surface area contributed by atoms with Gasteiger partial charge >= 0.3 is 0 Å². The summed E-state index contributed by atoms with van der Waals surface area (Å²) in [6.45, 7) is 3.20. The predicted molar refractivity (Wildman–Crippen MR) is 212 cm³/mol. The normalized spacial score (nSPS) is 13.1. The van der Waals surface area contributed by atoms with Gasteiger partial charge in [0.05, 0.1) is 0 Å². The van der Waals surface area contributed by atoms with Crippen molar-refractivity contribution in [2.45, 2.75) is 173 Å². The minimum Gasteiger partial charge on any atom is -0.368 e. The number of unbranched alkanes of at least 4 members (excludes halogenated alkanes) is 16. The van der Waals surface area contributed by atoms with Crippen molar-refractivity contribution in [2.75, 3.05) is 13.1 Å². The molecule has 0 aliphatic rings. The molecular weight excluding hydrogens is 654 g/mol. The summed E-state index contributed by atoms with van der Waals surface area (Å²) in [5, 5.41) is 9.53. The number of nitrogens with two attached hydrogens (primary N) is 3. The number of fused-ring (bicyclic) bond motifs is 1. The van der Waals surface area contributed by atoms with Crippen LogP contribution in [0.1, 0.15) is 154 Å². The summed E-state index contributed by atoms with van der Waals surface area (Å²) in [5.74, 6) is -1.78. The Labute approximate surface area is 313 Å². The molecule has 1 heterocycles. The molecule has 0 fully saturated rings. The van der Waals surface area contributed by atoms with Crippen LogP contribution in [-0.2, 0) is 25.6 Å². The van der Waals surface area contributed by atoms with Gasteiger partial charge in [-0.1, -0.05) is 115 Å². The monoisotopic (exact) mass is 726 g/mol. The van der Waals surface area contributed by atoms with E-state index in [1.165, 1.54) is 77.0 Å². The largest absolute Gasteiger partial charge is 0.368 e. The van der Waals surface area contributed by atoms with Crippen molar-refractivity contribution in [3.05, 3.63) is 36.0 Å². The first kappa shape index (κ1) is 44.7. The molecule has 294 valence electrons. The highest BCUT2D eigenvalue weighted by atomic mass is 16.2. The van der Waals surface area contributed by atoms with E-state index in [9.17, 15) is 19.2 Å². The van der Waals surface area contributed by atoms with Crippen molar-refractivity contribution in [2.24, 2.45) is 17.2 Å². The summed E-state index contributed by atoms with van der Waals surface area (Å²) in [7, 11) is 0. The number of aromatic nitrogens is 1. The highest BCUT2D eigenvalue weighted by Crippen LogP contribution is 2.20. The SMILES string of the molecule is CCCCCCCCCCCCCCCCCC(=O)N[C@@H](CCCCN)C(=O)N[C@@H](Cc1c[nH]c2ccccc12)C(=O)N[C@@H](CCCCN)C(N)=O. The van der Waals surface area contributed by atoms with Gasteiger partial charge in [-0.3, -0.25) is 19.2 Å². The molecule has 11 nitrogen and oxygen atoms in total. The van der Waals surface area contributed by atoms with Gasteiger partial charge in [0.1, 0.15) is 18.1 Å². The Balaban J connectivity index is 1.91. The van der Waals surface area contributed by atoms with Gasteiger partial charge in [0.25, 0.3) is 0 Å². The van der Waals surface area contributed by atoms with E-state index in [1.54, 1.807) is 0 Å². The van der Waals surface area contributed by atoms with Gasteiger partial charge in [0.2, 0.25) is 23.6 Å². The van der Waals surface area contributed by atoms with E-state index < -0.39 is 35.8 Å². The van der Waals surface area contributed by atoms with Gasteiger partial charge in [-0.25, -0.2) is 0 Å². The minimum atomic E-state index is -1.01. The molecule has 0 saturated heterocycles. The molecule has 0 saturated carbocycles. The van der Waals surface area contributed by atoms with Crippen LogP contribution in [0, 0.1) is 0 Å². The van der Waals surface area contributed by atoms with E-state index in [4.69, 9.17) is 17.2 Å². The van der Waals surface area contributed by atoms with Gasteiger partial charge in [-0.05, 0) is 69.7 Å². The highest BCUT2D eigenvalue weighted by Gasteiger charge is 2.29. The molecular formula is C41H71N7O4. The molecule has 2 rings (SSSR count). The fourth-order valence-electron chi connectivity index (χ4n) is 6.74. The molecule has 3 atom stereocenters. The third-order valence-corrected chi connectivity index (χ3v) is 9.94. The van der Waals surface area contributed by atoms with Crippen molar-refractivity contribution in [1.29, 1.82) is 0 Å². The number of rotatable bonds is 32. The van der Waals surface area contributed by atoms with Crippen LogP contribution in [0.15, 0.2) is 30.5 Å². The summed E-state index contributed by atoms with van der Waals surface area (Å²) in [6, 6.07) is 5.01. The van der Waals surface area contributed by atoms with E-state index in [0.717, 1.165) is 35.7 Å². The Kier molecular flexibility index (Phi) is 24.2. The number of H-pyrrole nitrogens is 1. The Morgan fingerprint density at radius 3 is 1.67 bits per heavy atom. The van der Waals surface area contributed by atoms with Crippen LogP contribution in [0.2, 0.25) is 0 Å². The third-order valence-electron chi connectivity index (χ3n) is 9.94. The zero-order valence-electron chi connectivity index (χ0n) is 32.2. The van der Waals surface area contributed by atoms with Crippen molar-refractivity contribution in [3.8, 4) is 0 Å². The first-order valence-electron chi connectivity index (χ1n) is 20.4. The summed E-state index contributed by atoms with van der Waals surface area (Å²) in [4.78, 5) is 55.9. The maximum absolute atomic E-state index is 13.8. The summed E-state index contributed by atoms with van der Waals surface area (Å²) in [6.07, 6.45) is 24.5. The van der Waals surface area contributed by atoms with E-state index in [-0.39, 0.29) is 12.3 Å². The number of hydrogen-bond acceptors (Lipinski definition) is 6. The van der Waals surface area contributed by atoms with Crippen LogP contribution >= 0.6 is 0 Å². The molecule has 0 aliphatic heterocycles. The van der Waals surface area contributed by atoms with Gasteiger partial charge in [-0.15, -0.1) is 0 Å². The molecule has 1 aromatic carbocycles. The molecule has 52 heavy (non-hydrogen) atoms. The lowest BCUT2D eigenvalue weighted by Crippen LogP contribution is -2.57. The molecule has 4 amide bonds. The van der Waals surface area contributed by atoms with E-state index in [2.05, 4.69) is 27.9 Å². The zero-order valence-corrected chi connectivity index (χ0v) is 32.2. The van der Waals surface area contributed by atoms with Crippen LogP contribution in [0.4, 0.5) is 0 Å². The minimum absolute atomic E-state index is 0.172. The van der Waals surface area contributed by atoms with Gasteiger partial charge < -0.3 is 38.1 Å². The van der Waals surface area contributed by atoms with Gasteiger partial charge in [-0.2, -0.15) is 0 Å². The summed E-state index contributed by atoms with van der Waals surface area (Å²) < 4.78 is 0. The average Bonchev–Trinajstić information content (AvgIpc) is 3.54. The molecule has 0 spiro atoms. The van der Waals surface area contributed by atoms with E-state index in [0.29, 0.717) is 58.0 Å². The highest BCUT2D eigenvalue weighted by molar-refractivity contribution is 5.94. The average molecular weight is 726 g/mol. The number of amides is 4. The van der Waals surface area contributed by atoms with Gasteiger partial charge in [0.15, 0.2) is 0 Å². The maximum Gasteiger partial charge on any atom is 0.243 e. The number of para-hydroxylation sites is 1. The fourth-order valence-corrected chi connectivity index (χ4v) is 6.74. The number of nitrogens with one attached hydrogen (secondary N) is 4. The molecule has 10 N–H and O–H groups in total. The molecule has 11 heteroatoms. The Bertz CT molecular complexity index is 1280. The van der Waals surface area contributed by atoms with Crippen LogP contribution in [0.25, 0.3) is 10.9 Å². The lowest BCUT2D eigenvalue weighted by molar-refractivity contribution is -0.133. The number of benzene rings is 1. The molecule has 0 unspecified atom stereocenters. The molecule has 0 aliphatic carbocycles. The molecule has 0 radical (unpaired) electrons. The second kappa shape index (κ2) is 28.1. The number of hydrogen-bond donors (Lipinski definition) is 7. The smallest absolute Gasteiger partial charge is 0.243 e. The number of aromatic amines is 1. The van der Waals surface area contributed by atoms with Crippen molar-refractivity contribution >= 4 is 34.5 Å². The Morgan fingerprint density at radius 1 is 0.615 bits per heavy atom. The fraction of sp³-hybridized carbons (Fsp3) is 0.707. The first-order valence-corrected chi connectivity index (χ1v) is 20.4. The second-order valence-electron chi connectivity index (χ2n) is 14.5. The third kappa shape index (κ3) is 18.9. The van der Waals surface area contributed by atoms with Crippen molar-refractivity contribution < 1.29 is 19.2 Å². The lowest BCUT2D eigenvalue weighted by Gasteiger charge is -2.25. The van der Waals surface area contributed by atoms with E-state index >= 15 is 0 Å². The summed E-state index contributed by atoms with van der Waals surface area (Å²) in [5.41, 5.74) is 18.7. The van der Waals surface area contributed by atoms with Gasteiger partial charge in [0, 0.05) is 29.9 Å². The lowest BCUT2D eigenvalue weighted by atomic mass is 10.0. The van der Waals surface area contributed by atoms with Crippen LogP contribution in [-0.4, -0.2) is 59.8 Å². The number of carbonyl (C=O) groups excluding carboxylic acids is 4. The van der Waals surface area contributed by atoms with Crippen LogP contribution in [0.5, 0.6) is 0 Å². The van der Waals surface area contributed by atoms with Crippen LogP contribution in [0.3, 0.4) is 0 Å². The quantitative estimate of drug-likeness (QED) is 0.0440. The van der Waals surface area contributed by atoms with Crippen LogP contribution < -0.4 is 33.2 Å². The standard InChI is InChI=1S/C41H71N7O4/c1-2-3-4-5-6-7-8-9-10-11-12-13-14-15-16-27-38(49)46-36(26-20-22-29-43)40(51)48-37(30-32-31-45-34-24-18-17-23-33(32)34)41(52)47-35(39(44)50)25-19-21-28-42/h17-18,23-24,31,35-37,45H,2-16,19-22,25-30,42-43H2,1H3,(H2,44,50)(H,46,49)(H,47,52)(H,48,51)/t35-,36-,37-/m0/s1. The molecule has 0 bridgehead atoms. The van der Waals surface area contributed by atoms with E-state index in [1.807, 2.05) is 30.5 Å². The topological polar surface area (TPSA) is 198 Å². The number of primary amides is 1. The molecule has 2 aromatic rings. The van der Waals surface area contributed by atoms with Crippen molar-refractivity contribution in [3.63, 3.8) is 0 Å². The van der Waals surface area contributed by atoms with Crippen molar-refractivity contribution in [1.82, 2.24) is 20.9 Å². The molecule has 1 aromatic heterocycles. The first-order chi connectivity index (χ1) is 25.3. The predicted octanol–water partition coefficient (Wildman–Crippen LogP) is 6.17. The second-order valence-corrected chi connectivity index (χ2v) is 14.5. The Hall–Kier alpha value is -3.44.